The molecule has 0 bridgehead atoms. The smallest absolute Gasteiger partial charge is 0.0343 e. The minimum Gasteiger partial charge on any atom is -0.382 e. The quantitative estimate of drug-likeness (QED) is 0.433. The van der Waals surface area contributed by atoms with Gasteiger partial charge in [-0.2, -0.15) is 0 Å². The van der Waals surface area contributed by atoms with Crippen molar-refractivity contribution < 1.29 is 0 Å². The van der Waals surface area contributed by atoms with Crippen molar-refractivity contribution in [1.29, 1.82) is 0 Å². The van der Waals surface area contributed by atoms with Gasteiger partial charge in [0.1, 0.15) is 0 Å². The molecule has 0 fully saturated rings. The Hall–Kier alpha value is -1.18. The van der Waals surface area contributed by atoms with Gasteiger partial charge in [0.05, 0.1) is 0 Å². The molecule has 0 radical (unpaired) electrons. The summed E-state index contributed by atoms with van der Waals surface area (Å²) in [5, 5.41) is 7.40. The van der Waals surface area contributed by atoms with Gasteiger partial charge in [0.15, 0.2) is 0 Å². The van der Waals surface area contributed by atoms with E-state index in [1.54, 1.807) is 0 Å². The Morgan fingerprint density at radius 2 is 0.958 bits per heavy atom. The van der Waals surface area contributed by atoms with Gasteiger partial charge >= 0.3 is 0 Å². The van der Waals surface area contributed by atoms with Crippen LogP contribution in [0.3, 0.4) is 0 Å². The molecule has 1 aromatic carbocycles. The van der Waals surface area contributed by atoms with Crippen molar-refractivity contribution in [3.63, 3.8) is 0 Å². The summed E-state index contributed by atoms with van der Waals surface area (Å²) in [4.78, 5) is 0. The molecule has 1 aromatic rings. The number of nitrogens with one attached hydrogen (secondary N) is 2. The van der Waals surface area contributed by atoms with E-state index in [2.05, 4.69) is 76.4 Å². The molecule has 2 N–H and O–H groups in total. The molecule has 0 amide bonds. The fourth-order valence-electron chi connectivity index (χ4n) is 3.09. The Balaban J connectivity index is 2.57. The first-order valence-corrected chi connectivity index (χ1v) is 10.1. The molecular weight excluding hydrogens is 292 g/mol. The first-order valence-electron chi connectivity index (χ1n) is 10.1. The molecule has 0 aliphatic rings. The standard InChI is InChI=1S/C22H40N2/c1-7-17(5)15-19(9-3)23-21-11-13-22(14-12-21)24-20(10-4)16-18(6)8-2/h11-14,17-20,23-24H,7-10,15-16H2,1-6H3/t17-,18+,19-,20-/m0/s1. The van der Waals surface area contributed by atoms with Gasteiger partial charge in [0.2, 0.25) is 0 Å². The van der Waals surface area contributed by atoms with Crippen molar-refractivity contribution in [3.8, 4) is 0 Å². The molecule has 0 heterocycles. The van der Waals surface area contributed by atoms with Gasteiger partial charge in [-0.1, -0.05) is 54.4 Å². The van der Waals surface area contributed by atoms with Crippen molar-refractivity contribution in [3.05, 3.63) is 24.3 Å². The second-order valence-corrected chi connectivity index (χ2v) is 7.57. The third kappa shape index (κ3) is 7.59. The van der Waals surface area contributed by atoms with E-state index in [-0.39, 0.29) is 0 Å². The average Bonchev–Trinajstić information content (AvgIpc) is 2.61. The summed E-state index contributed by atoms with van der Waals surface area (Å²) in [7, 11) is 0. The summed E-state index contributed by atoms with van der Waals surface area (Å²) in [5.41, 5.74) is 2.48. The highest BCUT2D eigenvalue weighted by Crippen LogP contribution is 2.21. The van der Waals surface area contributed by atoms with Gasteiger partial charge in [-0.15, -0.1) is 0 Å². The van der Waals surface area contributed by atoms with Crippen LogP contribution in [0.4, 0.5) is 11.4 Å². The van der Waals surface area contributed by atoms with Gasteiger partial charge in [0, 0.05) is 23.5 Å². The molecule has 2 heteroatoms. The van der Waals surface area contributed by atoms with E-state index in [0.717, 1.165) is 11.8 Å². The van der Waals surface area contributed by atoms with Crippen LogP contribution in [0.25, 0.3) is 0 Å². The van der Waals surface area contributed by atoms with Crippen molar-refractivity contribution in [1.82, 2.24) is 0 Å². The summed E-state index contributed by atoms with van der Waals surface area (Å²) >= 11 is 0. The lowest BCUT2D eigenvalue weighted by molar-refractivity contribution is 0.461. The lowest BCUT2D eigenvalue weighted by Crippen LogP contribution is -2.22. The second-order valence-electron chi connectivity index (χ2n) is 7.57. The fourth-order valence-corrected chi connectivity index (χ4v) is 3.09. The Morgan fingerprint density at radius 3 is 1.21 bits per heavy atom. The number of benzene rings is 1. The maximum absolute atomic E-state index is 3.70. The Bertz CT molecular complexity index is 385. The molecule has 0 aliphatic carbocycles. The lowest BCUT2D eigenvalue weighted by atomic mass is 9.97. The zero-order chi connectivity index (χ0) is 17.9. The molecule has 2 nitrogen and oxygen atoms in total. The molecule has 0 aliphatic heterocycles. The van der Waals surface area contributed by atoms with Crippen LogP contribution in [-0.4, -0.2) is 12.1 Å². The topological polar surface area (TPSA) is 24.1 Å². The predicted octanol–water partition coefficient (Wildman–Crippen LogP) is 6.94. The van der Waals surface area contributed by atoms with Gasteiger partial charge < -0.3 is 10.6 Å². The highest BCUT2D eigenvalue weighted by Gasteiger charge is 2.12. The monoisotopic (exact) mass is 332 g/mol. The zero-order valence-electron chi connectivity index (χ0n) is 16.9. The molecule has 0 unspecified atom stereocenters. The third-order valence-corrected chi connectivity index (χ3v) is 5.38. The van der Waals surface area contributed by atoms with Gasteiger partial charge in [-0.3, -0.25) is 0 Å². The van der Waals surface area contributed by atoms with Crippen LogP contribution in [0.15, 0.2) is 24.3 Å². The summed E-state index contributed by atoms with van der Waals surface area (Å²) in [5.74, 6) is 1.57. The molecule has 4 atom stereocenters. The van der Waals surface area contributed by atoms with Crippen molar-refractivity contribution in [2.45, 2.75) is 92.2 Å². The van der Waals surface area contributed by atoms with Crippen LogP contribution < -0.4 is 10.6 Å². The molecule has 0 saturated heterocycles. The van der Waals surface area contributed by atoms with Crippen molar-refractivity contribution in [2.24, 2.45) is 11.8 Å². The summed E-state index contributed by atoms with van der Waals surface area (Å²) in [6, 6.07) is 10.0. The summed E-state index contributed by atoms with van der Waals surface area (Å²) in [6.45, 7) is 13.8. The number of anilines is 2. The fraction of sp³-hybridized carbons (Fsp3) is 0.727. The number of hydrogen-bond donors (Lipinski definition) is 2. The molecular formula is C22H40N2. The van der Waals surface area contributed by atoms with Gasteiger partial charge in [-0.05, 0) is 61.8 Å². The van der Waals surface area contributed by atoms with E-state index in [0.29, 0.717) is 12.1 Å². The normalized spacial score (nSPS) is 16.2. The van der Waals surface area contributed by atoms with E-state index < -0.39 is 0 Å². The predicted molar refractivity (Wildman–Crippen MR) is 110 cm³/mol. The van der Waals surface area contributed by atoms with Crippen LogP contribution in [0.2, 0.25) is 0 Å². The van der Waals surface area contributed by atoms with E-state index in [9.17, 15) is 0 Å². The SMILES string of the molecule is CC[C@@H](C)C[C@H](CC)Nc1ccc(N[C@@H](CC)C[C@@H](C)CC)cc1. The highest BCUT2D eigenvalue weighted by atomic mass is 14.9. The third-order valence-electron chi connectivity index (χ3n) is 5.38. The van der Waals surface area contributed by atoms with E-state index in [4.69, 9.17) is 0 Å². The Kier molecular flexibility index (Phi) is 9.90. The maximum Gasteiger partial charge on any atom is 0.0343 e. The maximum atomic E-state index is 3.70. The van der Waals surface area contributed by atoms with E-state index in [1.165, 1.54) is 49.9 Å². The summed E-state index contributed by atoms with van der Waals surface area (Å²) < 4.78 is 0. The van der Waals surface area contributed by atoms with Gasteiger partial charge in [0.25, 0.3) is 0 Å². The number of rotatable bonds is 12. The first-order chi connectivity index (χ1) is 11.5. The lowest BCUT2D eigenvalue weighted by Gasteiger charge is -2.23. The molecule has 1 rings (SSSR count). The Morgan fingerprint density at radius 1 is 0.625 bits per heavy atom. The average molecular weight is 333 g/mol. The van der Waals surface area contributed by atoms with Crippen LogP contribution in [0.1, 0.15) is 80.1 Å². The van der Waals surface area contributed by atoms with Crippen LogP contribution >= 0.6 is 0 Å². The number of hydrogen-bond acceptors (Lipinski definition) is 2. The zero-order valence-corrected chi connectivity index (χ0v) is 16.9. The first kappa shape index (κ1) is 20.9. The molecule has 0 aromatic heterocycles. The largest absolute Gasteiger partial charge is 0.382 e. The van der Waals surface area contributed by atoms with E-state index >= 15 is 0 Å². The molecule has 0 spiro atoms. The Labute approximate surface area is 150 Å². The van der Waals surface area contributed by atoms with Crippen molar-refractivity contribution in [2.75, 3.05) is 10.6 Å². The van der Waals surface area contributed by atoms with Crippen LogP contribution in [0, 0.1) is 11.8 Å². The molecule has 0 saturated carbocycles. The van der Waals surface area contributed by atoms with Crippen LogP contribution in [-0.2, 0) is 0 Å². The summed E-state index contributed by atoms with van der Waals surface area (Å²) in [6.07, 6.45) is 7.37. The van der Waals surface area contributed by atoms with E-state index in [1.807, 2.05) is 0 Å². The highest BCUT2D eigenvalue weighted by molar-refractivity contribution is 5.54. The second kappa shape index (κ2) is 11.4. The minimum atomic E-state index is 0.576. The molecule has 24 heavy (non-hydrogen) atoms. The molecule has 138 valence electrons. The van der Waals surface area contributed by atoms with Crippen molar-refractivity contribution >= 4 is 11.4 Å². The van der Waals surface area contributed by atoms with Gasteiger partial charge in [-0.25, -0.2) is 0 Å². The van der Waals surface area contributed by atoms with Crippen LogP contribution in [0.5, 0.6) is 0 Å². The minimum absolute atomic E-state index is 0.576.